The number of ether oxygens (including phenoxy) is 3. The first-order chi connectivity index (χ1) is 13.4. The fourth-order valence-corrected chi connectivity index (χ4v) is 8.34. The van der Waals surface area contributed by atoms with Crippen LogP contribution in [0.15, 0.2) is 35.2 Å². The molecule has 4 heteroatoms. The zero-order valence-corrected chi connectivity index (χ0v) is 18.3. The van der Waals surface area contributed by atoms with Crippen LogP contribution < -0.4 is 0 Å². The first-order valence-corrected chi connectivity index (χ1v) is 11.9. The molecule has 2 aliphatic carbocycles. The third-order valence-corrected chi connectivity index (χ3v) is 9.39. The van der Waals surface area contributed by atoms with E-state index in [0.29, 0.717) is 30.0 Å². The second-order valence-corrected chi connectivity index (χ2v) is 11.5. The minimum Gasteiger partial charge on any atom is -0.355 e. The van der Waals surface area contributed by atoms with Crippen LogP contribution >= 0.6 is 11.8 Å². The van der Waals surface area contributed by atoms with Crippen molar-refractivity contribution in [1.82, 2.24) is 0 Å². The average Bonchev–Trinajstić information content (AvgIpc) is 3.31. The van der Waals surface area contributed by atoms with Gasteiger partial charge in [0, 0.05) is 10.8 Å². The molecule has 28 heavy (non-hydrogen) atoms. The van der Waals surface area contributed by atoms with E-state index in [9.17, 15) is 0 Å². The molecule has 5 atom stereocenters. The second kappa shape index (κ2) is 7.01. The highest BCUT2D eigenvalue weighted by atomic mass is 32.2. The number of benzene rings is 1. The largest absolute Gasteiger partial charge is 0.355 e. The molecule has 1 unspecified atom stereocenters. The summed E-state index contributed by atoms with van der Waals surface area (Å²) in [6, 6.07) is 10.7. The molecule has 0 aromatic heterocycles. The van der Waals surface area contributed by atoms with Crippen molar-refractivity contribution in [2.24, 2.45) is 22.7 Å². The van der Waals surface area contributed by atoms with Crippen LogP contribution in [-0.4, -0.2) is 30.5 Å². The van der Waals surface area contributed by atoms with Crippen molar-refractivity contribution >= 4 is 11.8 Å². The fraction of sp³-hybridized carbons (Fsp3) is 0.750. The summed E-state index contributed by atoms with van der Waals surface area (Å²) in [5.74, 6) is 1.26. The molecule has 2 saturated carbocycles. The third kappa shape index (κ3) is 2.98. The summed E-state index contributed by atoms with van der Waals surface area (Å²) < 4.78 is 19.2. The van der Waals surface area contributed by atoms with E-state index in [1.165, 1.54) is 30.6 Å². The maximum Gasteiger partial charge on any atom is 0.187 e. The van der Waals surface area contributed by atoms with Crippen LogP contribution in [0.4, 0.5) is 0 Å². The van der Waals surface area contributed by atoms with Crippen molar-refractivity contribution in [1.29, 1.82) is 0 Å². The molecule has 1 aromatic carbocycles. The van der Waals surface area contributed by atoms with Crippen molar-refractivity contribution in [3.63, 3.8) is 0 Å². The summed E-state index contributed by atoms with van der Waals surface area (Å²) in [7, 11) is 0. The summed E-state index contributed by atoms with van der Waals surface area (Å²) in [5.41, 5.74) is 0.630. The Morgan fingerprint density at radius 3 is 2.43 bits per heavy atom. The molecule has 0 spiro atoms. The lowest BCUT2D eigenvalue weighted by Crippen LogP contribution is -2.61. The van der Waals surface area contributed by atoms with E-state index in [4.69, 9.17) is 14.2 Å². The molecule has 1 aromatic rings. The van der Waals surface area contributed by atoms with Gasteiger partial charge in [0.2, 0.25) is 0 Å². The van der Waals surface area contributed by atoms with Crippen molar-refractivity contribution in [3.8, 4) is 0 Å². The molecule has 2 saturated heterocycles. The van der Waals surface area contributed by atoms with Crippen molar-refractivity contribution < 1.29 is 14.2 Å². The number of hydrogen-bond acceptors (Lipinski definition) is 4. The summed E-state index contributed by atoms with van der Waals surface area (Å²) in [6.07, 6.45) is 7.20. The van der Waals surface area contributed by atoms with E-state index >= 15 is 0 Å². The Morgan fingerprint density at radius 1 is 0.929 bits per heavy atom. The van der Waals surface area contributed by atoms with Gasteiger partial charge in [-0.25, -0.2) is 0 Å². The van der Waals surface area contributed by atoms with Crippen molar-refractivity contribution in [2.45, 2.75) is 81.5 Å². The van der Waals surface area contributed by atoms with Gasteiger partial charge in [0.25, 0.3) is 0 Å². The average molecular weight is 403 g/mol. The van der Waals surface area contributed by atoms with E-state index in [0.717, 1.165) is 18.8 Å². The van der Waals surface area contributed by atoms with E-state index in [2.05, 4.69) is 51.1 Å². The molecule has 2 aliphatic heterocycles. The minimum atomic E-state index is -0.276. The Balaban J connectivity index is 1.48. The standard InChI is InChI=1S/C24H34O3S/c1-22(2)11-7-12-23(3)18(22)10-13-24(21-25-14-15-26-21)19(23)16-20(27-24)28-17-8-5-4-6-9-17/h4-6,8-9,18-21H,7,10-16H2,1-3H3/t18-,19+,20?,23-,24+/m0/s1. The summed E-state index contributed by atoms with van der Waals surface area (Å²) >= 11 is 1.88. The zero-order valence-electron chi connectivity index (χ0n) is 17.5. The topological polar surface area (TPSA) is 27.7 Å². The Kier molecular flexibility index (Phi) is 4.86. The number of fused-ring (bicyclic) bond motifs is 3. The van der Waals surface area contributed by atoms with Crippen LogP contribution in [-0.2, 0) is 14.2 Å². The number of rotatable bonds is 3. The second-order valence-electron chi connectivity index (χ2n) is 10.2. The van der Waals surface area contributed by atoms with E-state index in [1.54, 1.807) is 0 Å². The summed E-state index contributed by atoms with van der Waals surface area (Å²) in [4.78, 5) is 1.29. The van der Waals surface area contributed by atoms with E-state index < -0.39 is 0 Å². The Morgan fingerprint density at radius 2 is 1.68 bits per heavy atom. The van der Waals surface area contributed by atoms with Crippen LogP contribution in [0.5, 0.6) is 0 Å². The van der Waals surface area contributed by atoms with Gasteiger partial charge in [-0.2, -0.15) is 0 Å². The van der Waals surface area contributed by atoms with Gasteiger partial charge >= 0.3 is 0 Å². The van der Waals surface area contributed by atoms with Gasteiger partial charge in [0.1, 0.15) is 11.0 Å². The molecule has 0 amide bonds. The third-order valence-electron chi connectivity index (χ3n) is 8.30. The SMILES string of the molecule is CC1(C)CCC[C@]2(C)[C@H]3CC(Sc4ccccc4)O[C@]3(C3OCCO3)CC[C@@H]12. The monoisotopic (exact) mass is 402 g/mol. The van der Waals surface area contributed by atoms with Crippen LogP contribution in [0.2, 0.25) is 0 Å². The van der Waals surface area contributed by atoms with E-state index in [1.807, 2.05) is 11.8 Å². The van der Waals surface area contributed by atoms with Gasteiger partial charge in [-0.1, -0.05) is 57.2 Å². The maximum absolute atomic E-state index is 6.94. The Bertz CT molecular complexity index is 701. The predicted octanol–water partition coefficient (Wildman–Crippen LogP) is 5.88. The summed E-state index contributed by atoms with van der Waals surface area (Å²) in [5, 5.41) is 0. The number of hydrogen-bond donors (Lipinski definition) is 0. The predicted molar refractivity (Wildman–Crippen MR) is 112 cm³/mol. The molecule has 5 rings (SSSR count). The molecule has 0 radical (unpaired) electrons. The first kappa shape index (κ1) is 19.4. The lowest BCUT2D eigenvalue weighted by Gasteiger charge is -2.61. The Labute approximate surface area is 173 Å². The highest BCUT2D eigenvalue weighted by Crippen LogP contribution is 2.67. The lowest BCUT2D eigenvalue weighted by atomic mass is 9.45. The highest BCUT2D eigenvalue weighted by molar-refractivity contribution is 7.99. The minimum absolute atomic E-state index is 0.181. The van der Waals surface area contributed by atoms with Gasteiger partial charge < -0.3 is 14.2 Å². The van der Waals surface area contributed by atoms with Crippen LogP contribution in [0, 0.1) is 22.7 Å². The molecule has 0 N–H and O–H groups in total. The molecule has 4 aliphatic rings. The van der Waals surface area contributed by atoms with Gasteiger partial charge in [-0.15, -0.1) is 0 Å². The lowest BCUT2D eigenvalue weighted by molar-refractivity contribution is -0.251. The van der Waals surface area contributed by atoms with Gasteiger partial charge in [-0.3, -0.25) is 0 Å². The van der Waals surface area contributed by atoms with Crippen molar-refractivity contribution in [2.75, 3.05) is 13.2 Å². The van der Waals surface area contributed by atoms with E-state index in [-0.39, 0.29) is 17.3 Å². The highest BCUT2D eigenvalue weighted by Gasteiger charge is 2.67. The quantitative estimate of drug-likeness (QED) is 0.631. The molecule has 4 fully saturated rings. The smallest absolute Gasteiger partial charge is 0.187 e. The molecular weight excluding hydrogens is 368 g/mol. The summed E-state index contributed by atoms with van der Waals surface area (Å²) in [6.45, 7) is 8.95. The van der Waals surface area contributed by atoms with Gasteiger partial charge in [0.05, 0.1) is 13.2 Å². The maximum atomic E-state index is 6.94. The van der Waals surface area contributed by atoms with Crippen LogP contribution in [0.25, 0.3) is 0 Å². The van der Waals surface area contributed by atoms with Crippen molar-refractivity contribution in [3.05, 3.63) is 30.3 Å². The normalized spacial score (nSPS) is 42.9. The molecule has 2 heterocycles. The number of thioether (sulfide) groups is 1. The van der Waals surface area contributed by atoms with Gasteiger partial charge in [-0.05, 0) is 61.0 Å². The zero-order chi connectivity index (χ0) is 19.4. The fourth-order valence-electron chi connectivity index (χ4n) is 7.20. The molecule has 3 nitrogen and oxygen atoms in total. The molecule has 0 bridgehead atoms. The Hall–Kier alpha value is -0.550. The van der Waals surface area contributed by atoms with Gasteiger partial charge in [0.15, 0.2) is 6.29 Å². The molecule has 154 valence electrons. The molecular formula is C24H34O3S. The van der Waals surface area contributed by atoms with Crippen LogP contribution in [0.3, 0.4) is 0 Å². The van der Waals surface area contributed by atoms with Crippen LogP contribution in [0.1, 0.15) is 59.3 Å². The first-order valence-electron chi connectivity index (χ1n) is 11.1.